The summed E-state index contributed by atoms with van der Waals surface area (Å²) in [6.07, 6.45) is 2.89. The first-order valence-corrected chi connectivity index (χ1v) is 14.9. The van der Waals surface area contributed by atoms with Crippen LogP contribution in [0.15, 0.2) is 30.3 Å². The van der Waals surface area contributed by atoms with E-state index in [4.69, 9.17) is 14.5 Å². The van der Waals surface area contributed by atoms with Gasteiger partial charge >= 0.3 is 0 Å². The van der Waals surface area contributed by atoms with Crippen molar-refractivity contribution in [2.45, 2.75) is 70.1 Å². The zero-order valence-electron chi connectivity index (χ0n) is 23.9. The molecule has 1 N–H and O–H groups in total. The van der Waals surface area contributed by atoms with E-state index in [0.717, 1.165) is 68.2 Å². The van der Waals surface area contributed by atoms with Crippen molar-refractivity contribution >= 4 is 11.6 Å². The van der Waals surface area contributed by atoms with Gasteiger partial charge in [0.15, 0.2) is 0 Å². The molecule has 1 aromatic carbocycles. The van der Waals surface area contributed by atoms with Gasteiger partial charge in [0.05, 0.1) is 32.0 Å². The first kappa shape index (κ1) is 27.6. The normalized spacial score (nSPS) is 26.7. The van der Waals surface area contributed by atoms with E-state index in [1.54, 1.807) is 0 Å². The molecule has 1 saturated carbocycles. The molecule has 4 heterocycles. The number of hydrogen-bond donors (Lipinski definition) is 1. The van der Waals surface area contributed by atoms with Crippen molar-refractivity contribution in [2.24, 2.45) is 0 Å². The second-order valence-electron chi connectivity index (χ2n) is 12.0. The average molecular weight is 552 g/mol. The Balaban J connectivity index is 1.23. The summed E-state index contributed by atoms with van der Waals surface area (Å²) < 4.78 is 25.2. The number of carbonyl (C=O) groups is 1. The van der Waals surface area contributed by atoms with E-state index in [1.807, 2.05) is 17.0 Å². The highest BCUT2D eigenvalue weighted by Crippen LogP contribution is 2.44. The summed E-state index contributed by atoms with van der Waals surface area (Å²) in [5.41, 5.74) is 3.94. The molecule has 216 valence electrons. The number of benzene rings is 1. The van der Waals surface area contributed by atoms with Crippen molar-refractivity contribution in [1.82, 2.24) is 20.1 Å². The van der Waals surface area contributed by atoms with E-state index in [0.29, 0.717) is 56.0 Å². The van der Waals surface area contributed by atoms with Gasteiger partial charge in [-0.3, -0.25) is 14.6 Å². The number of pyridine rings is 1. The fourth-order valence-corrected chi connectivity index (χ4v) is 6.61. The highest BCUT2D eigenvalue weighted by atomic mass is 19.1. The Morgan fingerprint density at radius 3 is 2.73 bits per heavy atom. The topological polar surface area (TPSA) is 70.2 Å². The standard InChI is InChI=1S/C31H42FN5O3/c1-20-17-35(28(16-33-20)22(3)36-10-12-39-19-21(36)2)18-29(38)37-11-13-40-31-27(37)15-25(30(34-31)24-6-7-24)14-23-4-8-26(32)9-5-23/h4-5,8-9,15,20-22,24,28,33H,6-7,10-14,16-19H2,1-3H3/t20-,21-,22?,28-/m1/s1. The van der Waals surface area contributed by atoms with Crippen molar-refractivity contribution in [3.05, 3.63) is 53.0 Å². The van der Waals surface area contributed by atoms with E-state index in [2.05, 4.69) is 42.0 Å². The molecule has 4 atom stereocenters. The molecule has 4 aliphatic rings. The number of fused-ring (bicyclic) bond motifs is 1. The molecule has 3 aliphatic heterocycles. The zero-order chi connectivity index (χ0) is 27.8. The third kappa shape index (κ3) is 5.88. The molecule has 8 nitrogen and oxygen atoms in total. The molecule has 6 rings (SSSR count). The van der Waals surface area contributed by atoms with Crippen LogP contribution in [0, 0.1) is 5.82 Å². The number of halogens is 1. The number of ether oxygens (including phenoxy) is 2. The predicted molar refractivity (Wildman–Crippen MR) is 153 cm³/mol. The first-order valence-electron chi connectivity index (χ1n) is 14.9. The van der Waals surface area contributed by atoms with Crippen molar-refractivity contribution in [3.63, 3.8) is 0 Å². The predicted octanol–water partition coefficient (Wildman–Crippen LogP) is 3.19. The van der Waals surface area contributed by atoms with Gasteiger partial charge in [0.1, 0.15) is 18.1 Å². The Bertz CT molecular complexity index is 1210. The summed E-state index contributed by atoms with van der Waals surface area (Å²) in [4.78, 5) is 25.7. The van der Waals surface area contributed by atoms with Gasteiger partial charge < -0.3 is 19.7 Å². The molecular weight excluding hydrogens is 509 g/mol. The number of amides is 1. The lowest BCUT2D eigenvalue weighted by molar-refractivity contribution is -0.121. The van der Waals surface area contributed by atoms with Crippen LogP contribution in [0.3, 0.4) is 0 Å². The number of morpholine rings is 1. The highest BCUT2D eigenvalue weighted by molar-refractivity contribution is 5.96. The van der Waals surface area contributed by atoms with Gasteiger partial charge in [-0.15, -0.1) is 0 Å². The molecule has 1 aromatic heterocycles. The lowest BCUT2D eigenvalue weighted by Crippen LogP contribution is -2.65. The lowest BCUT2D eigenvalue weighted by atomic mass is 9.99. The van der Waals surface area contributed by atoms with Crippen molar-refractivity contribution in [1.29, 1.82) is 0 Å². The van der Waals surface area contributed by atoms with E-state index in [9.17, 15) is 9.18 Å². The van der Waals surface area contributed by atoms with Crippen LogP contribution in [0.1, 0.15) is 56.4 Å². The number of hydrogen-bond acceptors (Lipinski definition) is 7. The summed E-state index contributed by atoms with van der Waals surface area (Å²) in [7, 11) is 0. The number of carbonyl (C=O) groups excluding carboxylic acids is 1. The summed E-state index contributed by atoms with van der Waals surface area (Å²) in [5.74, 6) is 0.838. The smallest absolute Gasteiger partial charge is 0.241 e. The van der Waals surface area contributed by atoms with Crippen LogP contribution in [-0.4, -0.2) is 97.4 Å². The van der Waals surface area contributed by atoms with Gasteiger partial charge in [0.2, 0.25) is 11.8 Å². The molecule has 1 aliphatic carbocycles. The Morgan fingerprint density at radius 2 is 1.98 bits per heavy atom. The first-order chi connectivity index (χ1) is 19.4. The van der Waals surface area contributed by atoms with Crippen LogP contribution >= 0.6 is 0 Å². The SMILES string of the molecule is CC([C@H]1CN[C@H](C)CN1CC(=O)N1CCOc2nc(C3CC3)c(Cc3ccc(F)cc3)cc21)N1CCOC[C@H]1C. The molecule has 0 bridgehead atoms. The molecular formula is C31H42FN5O3. The average Bonchev–Trinajstić information content (AvgIpc) is 3.79. The third-order valence-electron chi connectivity index (χ3n) is 8.99. The molecule has 0 radical (unpaired) electrons. The van der Waals surface area contributed by atoms with Gasteiger partial charge in [0, 0.05) is 49.7 Å². The molecule has 3 fully saturated rings. The van der Waals surface area contributed by atoms with Gasteiger partial charge in [-0.2, -0.15) is 0 Å². The molecule has 9 heteroatoms. The van der Waals surface area contributed by atoms with Crippen LogP contribution in [0.25, 0.3) is 0 Å². The van der Waals surface area contributed by atoms with Crippen LogP contribution < -0.4 is 15.0 Å². The number of nitrogens with one attached hydrogen (secondary N) is 1. The summed E-state index contributed by atoms with van der Waals surface area (Å²) in [6, 6.07) is 9.96. The minimum absolute atomic E-state index is 0.0829. The fraction of sp³-hybridized carbons (Fsp3) is 0.613. The van der Waals surface area contributed by atoms with Gasteiger partial charge in [0.25, 0.3) is 0 Å². The zero-order valence-corrected chi connectivity index (χ0v) is 23.9. The quantitative estimate of drug-likeness (QED) is 0.567. The van der Waals surface area contributed by atoms with Crippen LogP contribution in [0.4, 0.5) is 10.1 Å². The van der Waals surface area contributed by atoms with E-state index < -0.39 is 0 Å². The molecule has 2 aromatic rings. The third-order valence-corrected chi connectivity index (χ3v) is 8.99. The molecule has 1 unspecified atom stereocenters. The maximum atomic E-state index is 14.0. The minimum atomic E-state index is -0.238. The maximum absolute atomic E-state index is 14.0. The number of aromatic nitrogens is 1. The highest BCUT2D eigenvalue weighted by Gasteiger charge is 2.38. The summed E-state index contributed by atoms with van der Waals surface area (Å²) in [5, 5.41) is 3.64. The number of anilines is 1. The molecule has 2 saturated heterocycles. The number of piperazine rings is 1. The van der Waals surface area contributed by atoms with Crippen LogP contribution in [0.5, 0.6) is 5.88 Å². The van der Waals surface area contributed by atoms with Crippen LogP contribution in [0.2, 0.25) is 0 Å². The Kier molecular flexibility index (Phi) is 8.08. The van der Waals surface area contributed by atoms with Gasteiger partial charge in [-0.25, -0.2) is 9.37 Å². The van der Waals surface area contributed by atoms with Gasteiger partial charge in [-0.05, 0) is 69.4 Å². The van der Waals surface area contributed by atoms with Gasteiger partial charge in [-0.1, -0.05) is 12.1 Å². The fourth-order valence-electron chi connectivity index (χ4n) is 6.61. The van der Waals surface area contributed by atoms with E-state index in [1.165, 1.54) is 12.1 Å². The van der Waals surface area contributed by atoms with Crippen molar-refractivity contribution < 1.29 is 18.7 Å². The number of rotatable bonds is 7. The second-order valence-corrected chi connectivity index (χ2v) is 12.0. The molecule has 40 heavy (non-hydrogen) atoms. The largest absolute Gasteiger partial charge is 0.474 e. The van der Waals surface area contributed by atoms with E-state index >= 15 is 0 Å². The van der Waals surface area contributed by atoms with Crippen LogP contribution in [-0.2, 0) is 16.0 Å². The Labute approximate surface area is 236 Å². The van der Waals surface area contributed by atoms with E-state index in [-0.39, 0.29) is 17.8 Å². The monoisotopic (exact) mass is 551 g/mol. The second kappa shape index (κ2) is 11.7. The minimum Gasteiger partial charge on any atom is -0.474 e. The summed E-state index contributed by atoms with van der Waals surface area (Å²) >= 11 is 0. The van der Waals surface area contributed by atoms with Crippen molar-refractivity contribution in [3.8, 4) is 5.88 Å². The Hall–Kier alpha value is -2.59. The molecule has 1 amide bonds. The lowest BCUT2D eigenvalue weighted by Gasteiger charge is -2.48. The number of nitrogens with zero attached hydrogens (tertiary/aromatic N) is 4. The maximum Gasteiger partial charge on any atom is 0.241 e. The Morgan fingerprint density at radius 1 is 1.18 bits per heavy atom. The molecule has 0 spiro atoms. The summed E-state index contributed by atoms with van der Waals surface area (Å²) in [6.45, 7) is 12.1. The van der Waals surface area contributed by atoms with Crippen molar-refractivity contribution in [2.75, 3.05) is 57.4 Å².